The molecule has 0 fully saturated rings. The van der Waals surface area contributed by atoms with E-state index >= 15 is 0 Å². The summed E-state index contributed by atoms with van der Waals surface area (Å²) in [7, 11) is 0. The van der Waals surface area contributed by atoms with Crippen LogP contribution in [0, 0.1) is 0 Å². The Morgan fingerprint density at radius 3 is 1.58 bits per heavy atom. The molecule has 11 rings (SSSR count). The number of hydrogen-bond donors (Lipinski definition) is 0. The molecule has 3 nitrogen and oxygen atoms in total. The van der Waals surface area contributed by atoms with E-state index in [1.54, 1.807) is 0 Å². The highest BCUT2D eigenvalue weighted by molar-refractivity contribution is 6.10. The van der Waals surface area contributed by atoms with Crippen molar-refractivity contribution in [1.82, 2.24) is 4.57 Å². The molecule has 0 aliphatic carbocycles. The smallest absolute Gasteiger partial charge is 0.143 e. The molecule has 0 saturated heterocycles. The van der Waals surface area contributed by atoms with Gasteiger partial charge in [0.25, 0.3) is 0 Å². The van der Waals surface area contributed by atoms with E-state index in [0.717, 1.165) is 61.4 Å². The lowest BCUT2D eigenvalue weighted by molar-refractivity contribution is 0.670. The Kier molecular flexibility index (Phi) is 7.82. The first-order chi connectivity index (χ1) is 28.3. The molecule has 11 aromatic rings. The summed E-state index contributed by atoms with van der Waals surface area (Å²) in [4.78, 5) is 2.34. The molecule has 3 heteroatoms. The fourth-order valence-electron chi connectivity index (χ4n) is 8.50. The number of hydrogen-bond acceptors (Lipinski definition) is 2. The summed E-state index contributed by atoms with van der Waals surface area (Å²) in [5, 5.41) is 4.78. The van der Waals surface area contributed by atoms with Gasteiger partial charge in [0.1, 0.15) is 11.2 Å². The molecule has 0 atom stereocenters. The van der Waals surface area contributed by atoms with E-state index in [4.69, 9.17) is 4.42 Å². The number of para-hydroxylation sites is 4. The molecule has 0 bridgehead atoms. The first-order valence-corrected chi connectivity index (χ1v) is 19.4. The Labute approximate surface area is 330 Å². The Morgan fingerprint density at radius 2 is 0.860 bits per heavy atom. The molecule has 0 aliphatic heterocycles. The van der Waals surface area contributed by atoms with Crippen molar-refractivity contribution in [2.75, 3.05) is 4.90 Å². The SMILES string of the molecule is c1ccc(-c2ccc(N(c3ccc(-c4cccc(-n5c6ccccc6c6ccccc65)c4)cc3)c3cccc(-c4cccc5c4oc4ccccc45)c3)cc2)cc1. The molecule has 0 aliphatic rings. The van der Waals surface area contributed by atoms with Crippen molar-refractivity contribution in [1.29, 1.82) is 0 Å². The molecule has 0 amide bonds. The van der Waals surface area contributed by atoms with Crippen LogP contribution < -0.4 is 4.90 Å². The fraction of sp³-hybridized carbons (Fsp3) is 0. The number of anilines is 3. The van der Waals surface area contributed by atoms with Crippen LogP contribution >= 0.6 is 0 Å². The average Bonchev–Trinajstić information content (AvgIpc) is 3.84. The molecule has 0 radical (unpaired) electrons. The van der Waals surface area contributed by atoms with Gasteiger partial charge >= 0.3 is 0 Å². The van der Waals surface area contributed by atoms with E-state index in [1.807, 2.05) is 12.1 Å². The van der Waals surface area contributed by atoms with Crippen LogP contribution in [0.4, 0.5) is 17.1 Å². The lowest BCUT2D eigenvalue weighted by Crippen LogP contribution is -2.10. The van der Waals surface area contributed by atoms with Gasteiger partial charge in [0.15, 0.2) is 0 Å². The van der Waals surface area contributed by atoms with Gasteiger partial charge in [-0.2, -0.15) is 0 Å². The van der Waals surface area contributed by atoms with E-state index in [2.05, 4.69) is 216 Å². The van der Waals surface area contributed by atoms with Crippen LogP contribution in [0.2, 0.25) is 0 Å². The summed E-state index contributed by atoms with van der Waals surface area (Å²) in [6.07, 6.45) is 0. The lowest BCUT2D eigenvalue weighted by Gasteiger charge is -2.26. The maximum atomic E-state index is 6.48. The molecular weight excluding hydrogens is 693 g/mol. The van der Waals surface area contributed by atoms with Gasteiger partial charge in [-0.3, -0.25) is 0 Å². The van der Waals surface area contributed by atoms with E-state index in [-0.39, 0.29) is 0 Å². The van der Waals surface area contributed by atoms with Gasteiger partial charge in [0.2, 0.25) is 0 Å². The molecule has 2 heterocycles. The fourth-order valence-corrected chi connectivity index (χ4v) is 8.50. The minimum atomic E-state index is 0.900. The predicted molar refractivity (Wildman–Crippen MR) is 239 cm³/mol. The normalized spacial score (nSPS) is 11.5. The molecule has 0 unspecified atom stereocenters. The number of furan rings is 1. The third-order valence-corrected chi connectivity index (χ3v) is 11.2. The van der Waals surface area contributed by atoms with Gasteiger partial charge in [0.05, 0.1) is 11.0 Å². The zero-order valence-corrected chi connectivity index (χ0v) is 31.1. The van der Waals surface area contributed by atoms with E-state index in [1.165, 1.54) is 38.5 Å². The van der Waals surface area contributed by atoms with Gasteiger partial charge in [-0.15, -0.1) is 0 Å². The van der Waals surface area contributed by atoms with E-state index in [9.17, 15) is 0 Å². The largest absolute Gasteiger partial charge is 0.455 e. The van der Waals surface area contributed by atoms with Gasteiger partial charge in [-0.1, -0.05) is 152 Å². The highest BCUT2D eigenvalue weighted by Crippen LogP contribution is 2.41. The zero-order valence-electron chi connectivity index (χ0n) is 31.1. The molecule has 268 valence electrons. The van der Waals surface area contributed by atoms with Crippen LogP contribution in [-0.2, 0) is 0 Å². The third kappa shape index (κ3) is 5.68. The van der Waals surface area contributed by atoms with Crippen molar-refractivity contribution in [2.45, 2.75) is 0 Å². The first kappa shape index (κ1) is 32.8. The number of fused-ring (bicyclic) bond motifs is 6. The van der Waals surface area contributed by atoms with Crippen LogP contribution in [0.5, 0.6) is 0 Å². The highest BCUT2D eigenvalue weighted by atomic mass is 16.3. The standard InChI is InChI=1S/C54H36N2O/c1-2-13-37(14-3-1)38-27-31-42(32-28-38)55(44-17-11-16-41(36-44)46-22-12-23-50-49-21-6-9-26-53(49)57-54(46)50)43-33-29-39(30-34-43)40-15-10-18-45(35-40)56-51-24-7-4-19-47(51)48-20-5-8-25-52(48)56/h1-36H. The van der Waals surface area contributed by atoms with Crippen molar-refractivity contribution < 1.29 is 4.42 Å². The number of aromatic nitrogens is 1. The monoisotopic (exact) mass is 728 g/mol. The lowest BCUT2D eigenvalue weighted by atomic mass is 10.0. The van der Waals surface area contributed by atoms with Gasteiger partial charge in [0, 0.05) is 49.9 Å². The van der Waals surface area contributed by atoms with Gasteiger partial charge < -0.3 is 13.9 Å². The van der Waals surface area contributed by atoms with Crippen LogP contribution in [0.15, 0.2) is 223 Å². The van der Waals surface area contributed by atoms with Crippen LogP contribution in [0.3, 0.4) is 0 Å². The Hall–Kier alpha value is -7.62. The zero-order chi connectivity index (χ0) is 37.7. The van der Waals surface area contributed by atoms with Crippen molar-refractivity contribution in [3.63, 3.8) is 0 Å². The molecule has 9 aromatic carbocycles. The van der Waals surface area contributed by atoms with Gasteiger partial charge in [-0.25, -0.2) is 0 Å². The topological polar surface area (TPSA) is 21.3 Å². The summed E-state index contributed by atoms with van der Waals surface area (Å²) in [6.45, 7) is 0. The third-order valence-electron chi connectivity index (χ3n) is 11.2. The van der Waals surface area contributed by atoms with Crippen molar-refractivity contribution in [3.8, 4) is 39.1 Å². The molecular formula is C54H36N2O. The van der Waals surface area contributed by atoms with Crippen molar-refractivity contribution >= 4 is 60.8 Å². The maximum absolute atomic E-state index is 6.48. The molecule has 0 N–H and O–H groups in total. The number of benzene rings is 9. The summed E-state index contributed by atoms with van der Waals surface area (Å²) >= 11 is 0. The Balaban J connectivity index is 1.00. The molecule has 57 heavy (non-hydrogen) atoms. The Morgan fingerprint density at radius 1 is 0.333 bits per heavy atom. The summed E-state index contributed by atoms with van der Waals surface area (Å²) in [5.41, 5.74) is 15.5. The van der Waals surface area contributed by atoms with Crippen LogP contribution in [-0.4, -0.2) is 4.57 Å². The average molecular weight is 729 g/mol. The Bertz CT molecular complexity index is 3170. The quantitative estimate of drug-likeness (QED) is 0.163. The van der Waals surface area contributed by atoms with Crippen molar-refractivity contribution in [2.24, 2.45) is 0 Å². The molecule has 0 saturated carbocycles. The number of nitrogens with zero attached hydrogens (tertiary/aromatic N) is 2. The first-order valence-electron chi connectivity index (χ1n) is 19.4. The van der Waals surface area contributed by atoms with Crippen LogP contribution in [0.1, 0.15) is 0 Å². The van der Waals surface area contributed by atoms with Gasteiger partial charge in [-0.05, 0) is 94.5 Å². The maximum Gasteiger partial charge on any atom is 0.143 e. The molecule has 0 spiro atoms. The van der Waals surface area contributed by atoms with Crippen molar-refractivity contribution in [3.05, 3.63) is 218 Å². The summed E-state index contributed by atoms with van der Waals surface area (Å²) in [6, 6.07) is 78.1. The minimum absolute atomic E-state index is 0.900. The summed E-state index contributed by atoms with van der Waals surface area (Å²) < 4.78 is 8.85. The van der Waals surface area contributed by atoms with E-state index in [0.29, 0.717) is 0 Å². The second-order valence-electron chi connectivity index (χ2n) is 14.5. The minimum Gasteiger partial charge on any atom is -0.455 e. The number of rotatable bonds is 7. The summed E-state index contributed by atoms with van der Waals surface area (Å²) in [5.74, 6) is 0. The second kappa shape index (κ2) is 13.6. The van der Waals surface area contributed by atoms with Crippen LogP contribution in [0.25, 0.3) is 82.8 Å². The second-order valence-corrected chi connectivity index (χ2v) is 14.5. The molecule has 2 aromatic heterocycles. The van der Waals surface area contributed by atoms with E-state index < -0.39 is 0 Å². The predicted octanol–water partition coefficient (Wildman–Crippen LogP) is 15.2. The highest BCUT2D eigenvalue weighted by Gasteiger charge is 2.18.